The van der Waals surface area contributed by atoms with Crippen LogP contribution in [0, 0.1) is 11.3 Å². The molecule has 0 rings (SSSR count). The van der Waals surface area contributed by atoms with Crippen LogP contribution in [0.2, 0.25) is 0 Å². The Kier molecular flexibility index (Phi) is 19.9. The van der Waals surface area contributed by atoms with Crippen molar-refractivity contribution in [3.05, 3.63) is 0 Å². The van der Waals surface area contributed by atoms with Crippen LogP contribution in [0.15, 0.2) is 0 Å². The molecule has 4 heteroatoms. The van der Waals surface area contributed by atoms with Crippen LogP contribution in [0.5, 0.6) is 0 Å². The van der Waals surface area contributed by atoms with E-state index in [-0.39, 0.29) is 11.8 Å². The average molecular weight is 455 g/mol. The van der Waals surface area contributed by atoms with Crippen molar-refractivity contribution in [2.24, 2.45) is 11.3 Å². The number of hydrogen-bond acceptors (Lipinski definition) is 2. The van der Waals surface area contributed by atoms with E-state index in [1.165, 1.54) is 77.0 Å². The molecule has 0 heterocycles. The summed E-state index contributed by atoms with van der Waals surface area (Å²) in [7, 11) is 0. The lowest BCUT2D eigenvalue weighted by molar-refractivity contribution is -0.149. The maximum absolute atomic E-state index is 12.5. The highest BCUT2D eigenvalue weighted by Gasteiger charge is 2.41. The third-order valence-electron chi connectivity index (χ3n) is 7.26. The van der Waals surface area contributed by atoms with Crippen LogP contribution in [-0.2, 0) is 9.59 Å². The van der Waals surface area contributed by atoms with Crippen LogP contribution < -0.4 is 0 Å². The molecular formula is C28H54O4. The standard InChI is InChI=1S/C28H54O4/c1-4-7-10-13-14-15-18-24-28(22-16-11-8-5-2,23-17-12-9-6-3)25(27(31)32)20-19-21-26(29)30/h25H,4-24H2,1-3H3,(H,29,30)(H,31,32). The Labute approximate surface area is 199 Å². The Morgan fingerprint density at radius 3 is 1.34 bits per heavy atom. The normalized spacial score (nSPS) is 12.7. The van der Waals surface area contributed by atoms with Crippen molar-refractivity contribution in [3.8, 4) is 0 Å². The highest BCUT2D eigenvalue weighted by atomic mass is 16.4. The van der Waals surface area contributed by atoms with Gasteiger partial charge in [0.15, 0.2) is 0 Å². The molecule has 190 valence electrons. The third kappa shape index (κ3) is 14.9. The molecular weight excluding hydrogens is 400 g/mol. The first-order valence-corrected chi connectivity index (χ1v) is 13.9. The zero-order valence-electron chi connectivity index (χ0n) is 21.6. The van der Waals surface area contributed by atoms with Crippen LogP contribution in [0.3, 0.4) is 0 Å². The zero-order valence-corrected chi connectivity index (χ0v) is 21.6. The Morgan fingerprint density at radius 1 is 0.594 bits per heavy atom. The lowest BCUT2D eigenvalue weighted by Gasteiger charge is -2.40. The molecule has 2 N–H and O–H groups in total. The predicted octanol–water partition coefficient (Wildman–Crippen LogP) is 9.01. The third-order valence-corrected chi connectivity index (χ3v) is 7.26. The van der Waals surface area contributed by atoms with Gasteiger partial charge in [-0.1, -0.05) is 117 Å². The van der Waals surface area contributed by atoms with Crippen LogP contribution >= 0.6 is 0 Å². The molecule has 0 spiro atoms. The minimum absolute atomic E-state index is 0.0724. The molecule has 0 aliphatic rings. The van der Waals surface area contributed by atoms with Gasteiger partial charge in [0.2, 0.25) is 0 Å². The van der Waals surface area contributed by atoms with Gasteiger partial charge in [0.25, 0.3) is 0 Å². The fourth-order valence-corrected chi connectivity index (χ4v) is 5.29. The molecule has 1 unspecified atom stereocenters. The summed E-state index contributed by atoms with van der Waals surface area (Å²) in [6, 6.07) is 0. The SMILES string of the molecule is CCCCCCCCCC(CCCCCC)(CCCCCC)C(CCCC(=O)O)C(=O)O. The van der Waals surface area contributed by atoms with Gasteiger partial charge in [-0.15, -0.1) is 0 Å². The predicted molar refractivity (Wildman–Crippen MR) is 135 cm³/mol. The van der Waals surface area contributed by atoms with E-state index in [1.807, 2.05) is 0 Å². The van der Waals surface area contributed by atoms with E-state index >= 15 is 0 Å². The van der Waals surface area contributed by atoms with E-state index in [0.29, 0.717) is 12.8 Å². The largest absolute Gasteiger partial charge is 0.481 e. The highest BCUT2D eigenvalue weighted by Crippen LogP contribution is 2.46. The van der Waals surface area contributed by atoms with Gasteiger partial charge in [-0.25, -0.2) is 0 Å². The topological polar surface area (TPSA) is 74.6 Å². The molecule has 0 saturated heterocycles. The number of carbonyl (C=O) groups is 2. The molecule has 0 aromatic carbocycles. The maximum atomic E-state index is 12.5. The number of hydrogen-bond donors (Lipinski definition) is 2. The minimum atomic E-state index is -0.822. The first kappa shape index (κ1) is 30.9. The monoisotopic (exact) mass is 454 g/mol. The van der Waals surface area contributed by atoms with Gasteiger partial charge in [-0.3, -0.25) is 9.59 Å². The molecule has 0 aromatic heterocycles. The second kappa shape index (κ2) is 20.5. The van der Waals surface area contributed by atoms with Crippen LogP contribution in [0.4, 0.5) is 0 Å². The summed E-state index contributed by atoms with van der Waals surface area (Å²) in [5.41, 5.74) is -0.171. The summed E-state index contributed by atoms with van der Waals surface area (Å²) in [5.74, 6) is -1.94. The molecule has 0 fully saturated rings. The summed E-state index contributed by atoms with van der Waals surface area (Å²) < 4.78 is 0. The number of carboxylic acids is 2. The summed E-state index contributed by atoms with van der Waals surface area (Å²) in [4.78, 5) is 23.5. The van der Waals surface area contributed by atoms with Crippen molar-refractivity contribution in [2.45, 2.75) is 156 Å². The summed E-state index contributed by atoms with van der Waals surface area (Å²) in [6.45, 7) is 6.66. The van der Waals surface area contributed by atoms with E-state index in [1.54, 1.807) is 0 Å². The second-order valence-corrected chi connectivity index (χ2v) is 10.0. The first-order chi connectivity index (χ1) is 15.4. The molecule has 0 aliphatic heterocycles. The molecule has 1 atom stereocenters. The number of rotatable bonds is 24. The quantitative estimate of drug-likeness (QED) is 0.143. The number of aliphatic carboxylic acids is 2. The Hall–Kier alpha value is -1.06. The summed E-state index contributed by atoms with van der Waals surface area (Å²) in [6.07, 6.45) is 22.0. The van der Waals surface area contributed by atoms with Gasteiger partial charge < -0.3 is 10.2 Å². The van der Waals surface area contributed by atoms with E-state index in [4.69, 9.17) is 5.11 Å². The molecule has 0 saturated carbocycles. The van der Waals surface area contributed by atoms with E-state index in [9.17, 15) is 14.7 Å². The first-order valence-electron chi connectivity index (χ1n) is 13.9. The van der Waals surface area contributed by atoms with E-state index < -0.39 is 17.9 Å². The van der Waals surface area contributed by atoms with Crippen molar-refractivity contribution >= 4 is 11.9 Å². The number of unbranched alkanes of at least 4 members (excludes halogenated alkanes) is 12. The fourth-order valence-electron chi connectivity index (χ4n) is 5.29. The van der Waals surface area contributed by atoms with E-state index in [0.717, 1.165) is 38.5 Å². The van der Waals surface area contributed by atoms with Crippen molar-refractivity contribution in [1.29, 1.82) is 0 Å². The van der Waals surface area contributed by atoms with Crippen LogP contribution in [0.1, 0.15) is 156 Å². The van der Waals surface area contributed by atoms with Crippen LogP contribution in [0.25, 0.3) is 0 Å². The van der Waals surface area contributed by atoms with Gasteiger partial charge in [-0.05, 0) is 37.5 Å². The van der Waals surface area contributed by atoms with Gasteiger partial charge in [0.1, 0.15) is 0 Å². The maximum Gasteiger partial charge on any atom is 0.307 e. The molecule has 0 radical (unpaired) electrons. The van der Waals surface area contributed by atoms with Gasteiger partial charge in [0, 0.05) is 6.42 Å². The fraction of sp³-hybridized carbons (Fsp3) is 0.929. The molecule has 32 heavy (non-hydrogen) atoms. The molecule has 4 nitrogen and oxygen atoms in total. The average Bonchev–Trinajstić information content (AvgIpc) is 2.76. The molecule has 0 aliphatic carbocycles. The van der Waals surface area contributed by atoms with Crippen molar-refractivity contribution in [3.63, 3.8) is 0 Å². The van der Waals surface area contributed by atoms with Gasteiger partial charge in [-0.2, -0.15) is 0 Å². The second-order valence-electron chi connectivity index (χ2n) is 10.0. The lowest BCUT2D eigenvalue weighted by atomic mass is 9.64. The van der Waals surface area contributed by atoms with Gasteiger partial charge >= 0.3 is 11.9 Å². The van der Waals surface area contributed by atoms with Crippen molar-refractivity contribution in [2.75, 3.05) is 0 Å². The Morgan fingerprint density at radius 2 is 0.969 bits per heavy atom. The van der Waals surface area contributed by atoms with Crippen LogP contribution in [-0.4, -0.2) is 22.2 Å². The summed E-state index contributed by atoms with van der Waals surface area (Å²) in [5, 5.41) is 19.3. The molecule has 0 bridgehead atoms. The summed E-state index contributed by atoms with van der Waals surface area (Å²) >= 11 is 0. The zero-order chi connectivity index (χ0) is 24.1. The number of carboxylic acid groups (broad SMARTS) is 2. The van der Waals surface area contributed by atoms with Crippen molar-refractivity contribution < 1.29 is 19.8 Å². The lowest BCUT2D eigenvalue weighted by Crippen LogP contribution is -2.36. The van der Waals surface area contributed by atoms with Crippen molar-refractivity contribution in [1.82, 2.24) is 0 Å². The smallest absolute Gasteiger partial charge is 0.307 e. The molecule has 0 amide bonds. The minimum Gasteiger partial charge on any atom is -0.481 e. The van der Waals surface area contributed by atoms with Gasteiger partial charge in [0.05, 0.1) is 5.92 Å². The highest BCUT2D eigenvalue weighted by molar-refractivity contribution is 5.71. The molecule has 0 aromatic rings. The van der Waals surface area contributed by atoms with E-state index in [2.05, 4.69) is 20.8 Å². The Bertz CT molecular complexity index is 448. The Balaban J connectivity index is 5.33.